The molecule has 0 spiro atoms. The molecule has 0 aliphatic heterocycles. The number of aliphatic hydroxyl groups excluding tert-OH is 1. The average Bonchev–Trinajstić information content (AvgIpc) is 2.25. The smallest absolute Gasteiger partial charge is 0.386 e. The van der Waals surface area contributed by atoms with Crippen molar-refractivity contribution in [1.29, 1.82) is 0 Å². The fourth-order valence-electron chi connectivity index (χ4n) is 1.24. The highest BCUT2D eigenvalue weighted by molar-refractivity contribution is 7.46. The molecule has 1 unspecified atom stereocenters. The first kappa shape index (κ1) is 13.4. The standard InChI is InChI=1S/C10H15O5P/c1-2-8-3-5-9(6-4-8)10(11)7-15-16(12,13)14/h3-6,10-11H,2,7H2,1H3,(H2,12,13,14). The molecule has 0 radical (unpaired) electrons. The molecule has 1 aromatic carbocycles. The predicted molar refractivity (Wildman–Crippen MR) is 58.8 cm³/mol. The Hall–Kier alpha value is -0.710. The Morgan fingerprint density at radius 3 is 2.31 bits per heavy atom. The summed E-state index contributed by atoms with van der Waals surface area (Å²) in [5.41, 5.74) is 1.71. The summed E-state index contributed by atoms with van der Waals surface area (Å²) in [5.74, 6) is 0. The molecule has 0 heterocycles. The molecule has 16 heavy (non-hydrogen) atoms. The van der Waals surface area contributed by atoms with Crippen molar-refractivity contribution in [3.8, 4) is 0 Å². The molecule has 0 aromatic heterocycles. The highest BCUT2D eigenvalue weighted by Gasteiger charge is 2.17. The lowest BCUT2D eigenvalue weighted by atomic mass is 10.1. The quantitative estimate of drug-likeness (QED) is 0.683. The first-order valence-corrected chi connectivity index (χ1v) is 6.42. The first-order chi connectivity index (χ1) is 7.42. The Morgan fingerprint density at radius 2 is 1.88 bits per heavy atom. The van der Waals surface area contributed by atoms with Crippen LogP contribution in [0.1, 0.15) is 24.2 Å². The summed E-state index contributed by atoms with van der Waals surface area (Å²) in [6.45, 7) is 1.60. The van der Waals surface area contributed by atoms with Crippen molar-refractivity contribution in [1.82, 2.24) is 0 Å². The second-order valence-corrected chi connectivity index (χ2v) is 4.64. The van der Waals surface area contributed by atoms with Crippen LogP contribution in [0.4, 0.5) is 0 Å². The molecule has 1 aromatic rings. The van der Waals surface area contributed by atoms with Crippen LogP contribution >= 0.6 is 7.82 Å². The SMILES string of the molecule is CCc1ccc(C(O)COP(=O)(O)O)cc1. The minimum Gasteiger partial charge on any atom is -0.386 e. The van der Waals surface area contributed by atoms with E-state index < -0.39 is 20.5 Å². The van der Waals surface area contributed by atoms with E-state index in [1.54, 1.807) is 12.1 Å². The summed E-state index contributed by atoms with van der Waals surface area (Å²) < 4.78 is 14.6. The second kappa shape index (κ2) is 5.57. The Balaban J connectivity index is 2.59. The Labute approximate surface area is 93.9 Å². The van der Waals surface area contributed by atoms with Crippen LogP contribution in [0.15, 0.2) is 24.3 Å². The summed E-state index contributed by atoms with van der Waals surface area (Å²) in [4.78, 5) is 16.9. The first-order valence-electron chi connectivity index (χ1n) is 4.89. The second-order valence-electron chi connectivity index (χ2n) is 3.40. The van der Waals surface area contributed by atoms with Gasteiger partial charge in [0.15, 0.2) is 0 Å². The van der Waals surface area contributed by atoms with E-state index in [1.807, 2.05) is 19.1 Å². The van der Waals surface area contributed by atoms with Gasteiger partial charge in [-0.2, -0.15) is 0 Å². The van der Waals surface area contributed by atoms with Crippen molar-refractivity contribution in [2.75, 3.05) is 6.61 Å². The third-order valence-electron chi connectivity index (χ3n) is 2.17. The van der Waals surface area contributed by atoms with Crippen LogP contribution < -0.4 is 0 Å². The van der Waals surface area contributed by atoms with E-state index in [0.717, 1.165) is 12.0 Å². The highest BCUT2D eigenvalue weighted by atomic mass is 31.2. The van der Waals surface area contributed by atoms with Crippen molar-refractivity contribution >= 4 is 7.82 Å². The number of hydrogen-bond acceptors (Lipinski definition) is 3. The molecule has 6 heteroatoms. The minimum atomic E-state index is -4.52. The third-order valence-corrected chi connectivity index (χ3v) is 2.66. The number of aryl methyl sites for hydroxylation is 1. The highest BCUT2D eigenvalue weighted by Crippen LogP contribution is 2.36. The van der Waals surface area contributed by atoms with Gasteiger partial charge < -0.3 is 14.9 Å². The van der Waals surface area contributed by atoms with Crippen LogP contribution in [0, 0.1) is 0 Å². The molecule has 0 aliphatic rings. The predicted octanol–water partition coefficient (Wildman–Crippen LogP) is 1.39. The number of phosphoric acid groups is 1. The largest absolute Gasteiger partial charge is 0.469 e. The zero-order valence-electron chi connectivity index (χ0n) is 8.91. The van der Waals surface area contributed by atoms with Gasteiger partial charge in [0.05, 0.1) is 6.61 Å². The van der Waals surface area contributed by atoms with E-state index >= 15 is 0 Å². The molecule has 0 fully saturated rings. The summed E-state index contributed by atoms with van der Waals surface area (Å²) in [5, 5.41) is 9.58. The van der Waals surface area contributed by atoms with Crippen LogP contribution in [0.25, 0.3) is 0 Å². The summed E-state index contributed by atoms with van der Waals surface area (Å²) in [7, 11) is -4.52. The lowest BCUT2D eigenvalue weighted by Gasteiger charge is -2.12. The maximum Gasteiger partial charge on any atom is 0.469 e. The van der Waals surface area contributed by atoms with E-state index in [0.29, 0.717) is 5.56 Å². The maximum atomic E-state index is 10.4. The van der Waals surface area contributed by atoms with Crippen molar-refractivity contribution < 1.29 is 24.0 Å². The molecule has 0 amide bonds. The topological polar surface area (TPSA) is 87.0 Å². The number of phosphoric ester groups is 1. The molecule has 3 N–H and O–H groups in total. The molecular weight excluding hydrogens is 231 g/mol. The molecule has 90 valence electrons. The minimum absolute atomic E-state index is 0.421. The molecule has 0 aliphatic carbocycles. The van der Waals surface area contributed by atoms with Gasteiger partial charge in [-0.3, -0.25) is 4.52 Å². The van der Waals surface area contributed by atoms with Crippen LogP contribution in [-0.4, -0.2) is 21.5 Å². The monoisotopic (exact) mass is 246 g/mol. The van der Waals surface area contributed by atoms with Crippen LogP contribution in [0.3, 0.4) is 0 Å². The van der Waals surface area contributed by atoms with Gasteiger partial charge >= 0.3 is 7.82 Å². The van der Waals surface area contributed by atoms with E-state index in [4.69, 9.17) is 9.79 Å². The number of aliphatic hydroxyl groups is 1. The number of hydrogen-bond donors (Lipinski definition) is 3. The van der Waals surface area contributed by atoms with Gasteiger partial charge in [-0.1, -0.05) is 31.2 Å². The Morgan fingerprint density at radius 1 is 1.31 bits per heavy atom. The van der Waals surface area contributed by atoms with Crippen molar-refractivity contribution in [3.05, 3.63) is 35.4 Å². The zero-order chi connectivity index (χ0) is 12.2. The van der Waals surface area contributed by atoms with E-state index in [-0.39, 0.29) is 0 Å². The van der Waals surface area contributed by atoms with Crippen LogP contribution in [-0.2, 0) is 15.5 Å². The summed E-state index contributed by atoms with van der Waals surface area (Å²) in [6, 6.07) is 7.14. The van der Waals surface area contributed by atoms with Crippen LogP contribution in [0.5, 0.6) is 0 Å². The van der Waals surface area contributed by atoms with Crippen molar-refractivity contribution in [2.24, 2.45) is 0 Å². The van der Waals surface area contributed by atoms with Gasteiger partial charge in [0, 0.05) is 0 Å². The molecule has 0 saturated carbocycles. The molecule has 1 rings (SSSR count). The van der Waals surface area contributed by atoms with Crippen molar-refractivity contribution in [3.63, 3.8) is 0 Å². The lowest BCUT2D eigenvalue weighted by molar-refractivity contribution is 0.0851. The van der Waals surface area contributed by atoms with Gasteiger partial charge in [-0.25, -0.2) is 4.57 Å². The normalized spacial score (nSPS) is 13.8. The van der Waals surface area contributed by atoms with Crippen molar-refractivity contribution in [2.45, 2.75) is 19.4 Å². The van der Waals surface area contributed by atoms with E-state index in [9.17, 15) is 9.67 Å². The zero-order valence-corrected chi connectivity index (χ0v) is 9.80. The Bertz CT molecular complexity index is 369. The molecule has 0 bridgehead atoms. The fourth-order valence-corrected chi connectivity index (χ4v) is 1.57. The third kappa shape index (κ3) is 4.43. The van der Waals surface area contributed by atoms with Gasteiger partial charge in [-0.15, -0.1) is 0 Å². The van der Waals surface area contributed by atoms with Gasteiger partial charge in [0.2, 0.25) is 0 Å². The molecule has 5 nitrogen and oxygen atoms in total. The van der Waals surface area contributed by atoms with Gasteiger partial charge in [0.1, 0.15) is 6.10 Å². The Kier molecular flexibility index (Phi) is 4.65. The maximum absolute atomic E-state index is 10.4. The molecule has 1 atom stereocenters. The molecular formula is C10H15O5P. The number of rotatable bonds is 5. The fraction of sp³-hybridized carbons (Fsp3) is 0.400. The van der Waals surface area contributed by atoms with Gasteiger partial charge in [-0.05, 0) is 17.5 Å². The average molecular weight is 246 g/mol. The van der Waals surface area contributed by atoms with E-state index in [1.165, 1.54) is 0 Å². The summed E-state index contributed by atoms with van der Waals surface area (Å²) in [6.07, 6.45) is -0.131. The summed E-state index contributed by atoms with van der Waals surface area (Å²) >= 11 is 0. The lowest BCUT2D eigenvalue weighted by Crippen LogP contribution is -2.06. The number of benzene rings is 1. The van der Waals surface area contributed by atoms with E-state index in [2.05, 4.69) is 4.52 Å². The van der Waals surface area contributed by atoms with Crippen LogP contribution in [0.2, 0.25) is 0 Å². The molecule has 0 saturated heterocycles. The van der Waals surface area contributed by atoms with Gasteiger partial charge in [0.25, 0.3) is 0 Å².